The summed E-state index contributed by atoms with van der Waals surface area (Å²) < 4.78 is 0. The second kappa shape index (κ2) is 8.50. The van der Waals surface area contributed by atoms with Crippen molar-refractivity contribution in [3.05, 3.63) is 75.9 Å². The highest BCUT2D eigenvalue weighted by Crippen LogP contribution is 2.28. The van der Waals surface area contributed by atoms with Gasteiger partial charge in [-0.3, -0.25) is 0 Å². The van der Waals surface area contributed by atoms with Crippen LogP contribution in [0.25, 0.3) is 10.9 Å². The molecule has 0 bridgehead atoms. The number of halogens is 1. The maximum atomic E-state index is 6.39. The van der Waals surface area contributed by atoms with E-state index in [4.69, 9.17) is 21.6 Å². The zero-order valence-electron chi connectivity index (χ0n) is 16.5. The highest BCUT2D eigenvalue weighted by atomic mass is 35.5. The minimum absolute atomic E-state index is 0.762. The lowest BCUT2D eigenvalue weighted by Crippen LogP contribution is -2.47. The molecule has 0 radical (unpaired) electrons. The Morgan fingerprint density at radius 2 is 1.63 bits per heavy atom. The van der Waals surface area contributed by atoms with Gasteiger partial charge in [-0.15, -0.1) is 11.3 Å². The van der Waals surface area contributed by atoms with Gasteiger partial charge in [-0.2, -0.15) is 4.98 Å². The van der Waals surface area contributed by atoms with Gasteiger partial charge in [0.2, 0.25) is 5.95 Å². The van der Waals surface area contributed by atoms with Crippen LogP contribution in [0.5, 0.6) is 0 Å². The summed E-state index contributed by atoms with van der Waals surface area (Å²) >= 11 is 8.13. The number of anilines is 3. The van der Waals surface area contributed by atoms with E-state index in [0.717, 1.165) is 66.1 Å². The highest BCUT2D eigenvalue weighted by Gasteiger charge is 2.21. The maximum absolute atomic E-state index is 6.39. The molecule has 5 rings (SSSR count). The summed E-state index contributed by atoms with van der Waals surface area (Å²) in [5.74, 6) is 1.67. The van der Waals surface area contributed by atoms with E-state index in [1.807, 2.05) is 30.3 Å². The van der Waals surface area contributed by atoms with Crippen molar-refractivity contribution in [2.75, 3.05) is 41.3 Å². The zero-order chi connectivity index (χ0) is 20.3. The smallest absolute Gasteiger partial charge is 0.228 e. The molecule has 0 amide bonds. The molecular formula is C23H22ClN5S. The predicted molar refractivity (Wildman–Crippen MR) is 127 cm³/mol. The monoisotopic (exact) mass is 435 g/mol. The molecule has 152 valence electrons. The molecule has 1 fully saturated rings. The second-order valence-corrected chi connectivity index (χ2v) is 8.69. The van der Waals surface area contributed by atoms with Gasteiger partial charge in [-0.05, 0) is 35.7 Å². The fraction of sp³-hybridized carbons (Fsp3) is 0.217. The van der Waals surface area contributed by atoms with Crippen molar-refractivity contribution >= 4 is 51.3 Å². The van der Waals surface area contributed by atoms with E-state index in [9.17, 15) is 0 Å². The molecule has 0 saturated carbocycles. The first-order chi connectivity index (χ1) is 14.8. The number of nitrogens with zero attached hydrogens (tertiary/aromatic N) is 4. The lowest BCUT2D eigenvalue weighted by Gasteiger charge is -2.36. The first-order valence-corrected chi connectivity index (χ1v) is 11.3. The summed E-state index contributed by atoms with van der Waals surface area (Å²) in [4.78, 5) is 15.6. The molecule has 1 saturated heterocycles. The molecule has 0 spiro atoms. The van der Waals surface area contributed by atoms with Crippen LogP contribution in [0.2, 0.25) is 5.02 Å². The van der Waals surface area contributed by atoms with E-state index in [1.54, 1.807) is 11.3 Å². The number of hydrogen-bond donors (Lipinski definition) is 1. The quantitative estimate of drug-likeness (QED) is 0.461. The van der Waals surface area contributed by atoms with Crippen LogP contribution in [0.15, 0.2) is 66.0 Å². The highest BCUT2D eigenvalue weighted by molar-refractivity contribution is 7.09. The fourth-order valence-corrected chi connectivity index (χ4v) is 4.68. The average molecular weight is 436 g/mol. The third kappa shape index (κ3) is 3.93. The molecule has 2 aromatic heterocycles. The van der Waals surface area contributed by atoms with Gasteiger partial charge in [0.25, 0.3) is 0 Å². The van der Waals surface area contributed by atoms with Gasteiger partial charge in [-0.1, -0.05) is 41.9 Å². The first-order valence-electron chi connectivity index (χ1n) is 10.1. The van der Waals surface area contributed by atoms with E-state index in [0.29, 0.717) is 0 Å². The molecule has 0 aliphatic carbocycles. The lowest BCUT2D eigenvalue weighted by molar-refractivity contribution is 0.641. The van der Waals surface area contributed by atoms with Crippen LogP contribution in [-0.2, 0) is 6.54 Å². The van der Waals surface area contributed by atoms with Crippen LogP contribution in [0.1, 0.15) is 4.88 Å². The molecule has 30 heavy (non-hydrogen) atoms. The number of nitrogens with one attached hydrogen (secondary N) is 1. The van der Waals surface area contributed by atoms with Crippen molar-refractivity contribution in [3.8, 4) is 0 Å². The molecule has 5 nitrogen and oxygen atoms in total. The summed E-state index contributed by atoms with van der Waals surface area (Å²) in [6.45, 7) is 4.25. The third-order valence-electron chi connectivity index (χ3n) is 5.36. The summed E-state index contributed by atoms with van der Waals surface area (Å²) in [6.07, 6.45) is 0. The van der Waals surface area contributed by atoms with Crippen LogP contribution in [0.4, 0.5) is 17.5 Å². The normalized spacial score (nSPS) is 14.3. The minimum atomic E-state index is 0.762. The van der Waals surface area contributed by atoms with Crippen molar-refractivity contribution in [3.63, 3.8) is 0 Å². The Hall–Kier alpha value is -2.83. The maximum Gasteiger partial charge on any atom is 0.228 e. The third-order valence-corrected chi connectivity index (χ3v) is 6.55. The van der Waals surface area contributed by atoms with E-state index in [2.05, 4.69) is 50.8 Å². The number of hydrogen-bond acceptors (Lipinski definition) is 6. The number of aromatic nitrogens is 2. The van der Waals surface area contributed by atoms with Gasteiger partial charge >= 0.3 is 0 Å². The molecular weight excluding hydrogens is 414 g/mol. The molecule has 4 aromatic rings. The van der Waals surface area contributed by atoms with Gasteiger partial charge in [0, 0.05) is 36.4 Å². The van der Waals surface area contributed by atoms with E-state index in [-0.39, 0.29) is 0 Å². The number of rotatable bonds is 5. The second-order valence-electron chi connectivity index (χ2n) is 7.25. The van der Waals surface area contributed by atoms with E-state index >= 15 is 0 Å². The van der Waals surface area contributed by atoms with Crippen molar-refractivity contribution in [2.24, 2.45) is 0 Å². The molecule has 3 heterocycles. The van der Waals surface area contributed by atoms with Gasteiger partial charge in [-0.25, -0.2) is 4.98 Å². The van der Waals surface area contributed by atoms with Crippen LogP contribution >= 0.6 is 22.9 Å². The van der Waals surface area contributed by atoms with Gasteiger partial charge in [0.05, 0.1) is 22.8 Å². The molecule has 1 N–H and O–H groups in total. The van der Waals surface area contributed by atoms with Crippen molar-refractivity contribution in [1.82, 2.24) is 9.97 Å². The molecule has 0 atom stereocenters. The Morgan fingerprint density at radius 3 is 2.43 bits per heavy atom. The Kier molecular flexibility index (Phi) is 5.43. The molecule has 1 aliphatic rings. The summed E-state index contributed by atoms with van der Waals surface area (Å²) in [6, 6.07) is 20.4. The molecule has 1 aliphatic heterocycles. The number of thiophene rings is 1. The molecule has 7 heteroatoms. The fourth-order valence-electron chi connectivity index (χ4n) is 3.78. The Balaban J connectivity index is 1.37. The standard InChI is InChI=1S/C23H22ClN5S/c24-19-8-2-4-10-21(19)28-11-13-29(14-12-28)23-26-20-9-3-1-7-18(20)22(27-23)25-16-17-6-5-15-30-17/h1-10,15H,11-14,16H2,(H,25,26,27). The predicted octanol–water partition coefficient (Wildman–Crippen LogP) is 5.28. The van der Waals surface area contributed by atoms with Crippen LogP contribution in [0, 0.1) is 0 Å². The van der Waals surface area contributed by atoms with Crippen LogP contribution < -0.4 is 15.1 Å². The minimum Gasteiger partial charge on any atom is -0.367 e. The van der Waals surface area contributed by atoms with Gasteiger partial charge in [0.15, 0.2) is 0 Å². The van der Waals surface area contributed by atoms with Crippen molar-refractivity contribution in [1.29, 1.82) is 0 Å². The summed E-state index contributed by atoms with van der Waals surface area (Å²) in [7, 11) is 0. The number of para-hydroxylation sites is 2. The summed E-state index contributed by atoms with van der Waals surface area (Å²) in [5.41, 5.74) is 2.06. The average Bonchev–Trinajstić information content (AvgIpc) is 3.31. The Labute approximate surface area is 184 Å². The van der Waals surface area contributed by atoms with E-state index in [1.165, 1.54) is 4.88 Å². The SMILES string of the molecule is Clc1ccccc1N1CCN(c2nc(NCc3cccs3)c3ccccc3n2)CC1. The topological polar surface area (TPSA) is 44.3 Å². The van der Waals surface area contributed by atoms with Crippen molar-refractivity contribution in [2.45, 2.75) is 6.54 Å². The Bertz CT molecular complexity index is 1140. The number of fused-ring (bicyclic) bond motifs is 1. The van der Waals surface area contributed by atoms with Gasteiger partial charge in [0.1, 0.15) is 5.82 Å². The Morgan fingerprint density at radius 1 is 0.867 bits per heavy atom. The first kappa shape index (κ1) is 19.2. The molecule has 0 unspecified atom stereocenters. The molecule has 2 aromatic carbocycles. The largest absolute Gasteiger partial charge is 0.367 e. The zero-order valence-corrected chi connectivity index (χ0v) is 18.0. The van der Waals surface area contributed by atoms with E-state index < -0.39 is 0 Å². The summed E-state index contributed by atoms with van der Waals surface area (Å²) in [5, 5.41) is 7.46. The lowest BCUT2D eigenvalue weighted by atomic mass is 10.2. The van der Waals surface area contributed by atoms with Gasteiger partial charge < -0.3 is 15.1 Å². The van der Waals surface area contributed by atoms with Crippen LogP contribution in [0.3, 0.4) is 0 Å². The van der Waals surface area contributed by atoms with Crippen molar-refractivity contribution < 1.29 is 0 Å². The number of benzene rings is 2. The number of piperazine rings is 1. The van der Waals surface area contributed by atoms with Crippen LogP contribution in [-0.4, -0.2) is 36.1 Å².